The second-order valence-corrected chi connectivity index (χ2v) is 6.55. The normalized spacial score (nSPS) is 17.5. The Hall–Kier alpha value is -1.36. The number of nitrogens with two attached hydrogens (primary N) is 1. The summed E-state index contributed by atoms with van der Waals surface area (Å²) in [5.41, 5.74) is 5.87. The highest BCUT2D eigenvalue weighted by molar-refractivity contribution is 5.48. The second kappa shape index (κ2) is 5.95. The van der Waals surface area contributed by atoms with Gasteiger partial charge < -0.3 is 10.6 Å². The van der Waals surface area contributed by atoms with Gasteiger partial charge in [-0.3, -0.25) is 4.90 Å². The van der Waals surface area contributed by atoms with Gasteiger partial charge in [0.05, 0.1) is 0 Å². The summed E-state index contributed by atoms with van der Waals surface area (Å²) in [6.45, 7) is 14.0. The zero-order valence-electron chi connectivity index (χ0n) is 13.2. The number of hydrogen-bond donors (Lipinski definition) is 1. The van der Waals surface area contributed by atoms with E-state index in [1.54, 1.807) is 0 Å². The summed E-state index contributed by atoms with van der Waals surface area (Å²) < 4.78 is 0. The van der Waals surface area contributed by atoms with Crippen LogP contribution >= 0.6 is 0 Å². The monoisotopic (exact) mass is 277 g/mol. The molecule has 0 saturated carbocycles. The third-order valence-corrected chi connectivity index (χ3v) is 3.64. The fourth-order valence-electron chi connectivity index (χ4n) is 2.47. The molecule has 1 aliphatic heterocycles. The van der Waals surface area contributed by atoms with Crippen LogP contribution in [0.4, 0.5) is 11.6 Å². The van der Waals surface area contributed by atoms with Gasteiger partial charge in [-0.25, -0.2) is 9.97 Å². The lowest BCUT2D eigenvalue weighted by Gasteiger charge is -2.35. The molecule has 5 nitrogen and oxygen atoms in total. The highest BCUT2D eigenvalue weighted by Crippen LogP contribution is 2.23. The molecule has 20 heavy (non-hydrogen) atoms. The molecule has 0 aliphatic carbocycles. The van der Waals surface area contributed by atoms with Gasteiger partial charge in [-0.05, 0) is 13.0 Å². The number of piperazine rings is 1. The standard InChI is InChI=1S/C15H27N5/c1-5-6-19-7-9-20(10-8-19)13-11-12(16)17-14(18-13)15(2,3)4/h11H,5-10H2,1-4H3,(H2,16,17,18). The Morgan fingerprint density at radius 2 is 1.80 bits per heavy atom. The molecule has 1 aliphatic rings. The van der Waals surface area contributed by atoms with Crippen molar-refractivity contribution in [2.45, 2.75) is 39.5 Å². The van der Waals surface area contributed by atoms with E-state index < -0.39 is 0 Å². The lowest BCUT2D eigenvalue weighted by molar-refractivity contribution is 0.258. The van der Waals surface area contributed by atoms with E-state index in [0.29, 0.717) is 5.82 Å². The molecule has 5 heteroatoms. The summed E-state index contributed by atoms with van der Waals surface area (Å²) in [5.74, 6) is 2.36. The zero-order valence-corrected chi connectivity index (χ0v) is 13.2. The lowest BCUT2D eigenvalue weighted by atomic mass is 9.96. The van der Waals surface area contributed by atoms with E-state index in [4.69, 9.17) is 10.7 Å². The molecule has 0 unspecified atom stereocenters. The average Bonchev–Trinajstić information content (AvgIpc) is 2.38. The fourth-order valence-corrected chi connectivity index (χ4v) is 2.47. The van der Waals surface area contributed by atoms with Gasteiger partial charge in [0.15, 0.2) is 0 Å². The first kappa shape index (κ1) is 15.0. The van der Waals surface area contributed by atoms with Crippen molar-refractivity contribution < 1.29 is 0 Å². The van der Waals surface area contributed by atoms with Crippen molar-refractivity contribution in [2.75, 3.05) is 43.4 Å². The quantitative estimate of drug-likeness (QED) is 0.914. The van der Waals surface area contributed by atoms with Gasteiger partial charge in [-0.1, -0.05) is 27.7 Å². The van der Waals surface area contributed by atoms with Crippen LogP contribution in [0.1, 0.15) is 39.9 Å². The summed E-state index contributed by atoms with van der Waals surface area (Å²) in [5, 5.41) is 0. The van der Waals surface area contributed by atoms with Crippen LogP contribution in [0.5, 0.6) is 0 Å². The molecule has 1 aromatic rings. The van der Waals surface area contributed by atoms with E-state index >= 15 is 0 Å². The van der Waals surface area contributed by atoms with E-state index in [2.05, 4.69) is 42.5 Å². The maximum absolute atomic E-state index is 5.95. The molecule has 0 aromatic carbocycles. The van der Waals surface area contributed by atoms with Crippen molar-refractivity contribution in [1.82, 2.24) is 14.9 Å². The number of nitrogen functional groups attached to an aromatic ring is 1. The Morgan fingerprint density at radius 3 is 2.35 bits per heavy atom. The van der Waals surface area contributed by atoms with Gasteiger partial charge in [-0.15, -0.1) is 0 Å². The van der Waals surface area contributed by atoms with Crippen LogP contribution in [-0.2, 0) is 5.41 Å². The van der Waals surface area contributed by atoms with Gasteiger partial charge in [0.1, 0.15) is 17.5 Å². The first-order valence-electron chi connectivity index (χ1n) is 7.52. The zero-order chi connectivity index (χ0) is 14.8. The number of anilines is 2. The minimum absolute atomic E-state index is 0.0752. The highest BCUT2D eigenvalue weighted by Gasteiger charge is 2.22. The molecule has 2 heterocycles. The summed E-state index contributed by atoms with van der Waals surface area (Å²) in [6.07, 6.45) is 1.22. The van der Waals surface area contributed by atoms with Crippen LogP contribution in [0.2, 0.25) is 0 Å². The maximum Gasteiger partial charge on any atom is 0.138 e. The first-order chi connectivity index (χ1) is 9.40. The van der Waals surface area contributed by atoms with Gasteiger partial charge in [0, 0.05) is 37.7 Å². The van der Waals surface area contributed by atoms with Crippen LogP contribution in [0, 0.1) is 0 Å². The summed E-state index contributed by atoms with van der Waals surface area (Å²) in [4.78, 5) is 13.9. The van der Waals surface area contributed by atoms with Gasteiger partial charge in [0.2, 0.25) is 0 Å². The molecule has 0 spiro atoms. The van der Waals surface area contributed by atoms with E-state index in [0.717, 1.165) is 37.8 Å². The van der Waals surface area contributed by atoms with E-state index in [9.17, 15) is 0 Å². The average molecular weight is 277 g/mol. The summed E-state index contributed by atoms with van der Waals surface area (Å²) in [6, 6.07) is 1.89. The maximum atomic E-state index is 5.95. The van der Waals surface area contributed by atoms with Gasteiger partial charge in [0.25, 0.3) is 0 Å². The van der Waals surface area contributed by atoms with E-state index in [1.807, 2.05) is 6.07 Å². The first-order valence-corrected chi connectivity index (χ1v) is 7.52. The molecule has 0 bridgehead atoms. The predicted molar refractivity (Wildman–Crippen MR) is 84.1 cm³/mol. The second-order valence-electron chi connectivity index (χ2n) is 6.55. The molecule has 0 atom stereocenters. The number of rotatable bonds is 3. The predicted octanol–water partition coefficient (Wildman–Crippen LogP) is 1.89. The molecule has 1 saturated heterocycles. The molecule has 0 amide bonds. The van der Waals surface area contributed by atoms with Crippen molar-refractivity contribution in [1.29, 1.82) is 0 Å². The topological polar surface area (TPSA) is 58.3 Å². The number of aromatic nitrogens is 2. The van der Waals surface area contributed by atoms with Crippen LogP contribution in [0.3, 0.4) is 0 Å². The molecule has 2 rings (SSSR count). The Bertz CT molecular complexity index is 444. The molecule has 2 N–H and O–H groups in total. The minimum atomic E-state index is -0.0752. The lowest BCUT2D eigenvalue weighted by Crippen LogP contribution is -2.47. The van der Waals surface area contributed by atoms with E-state index in [1.165, 1.54) is 13.0 Å². The van der Waals surface area contributed by atoms with Crippen LogP contribution in [0.25, 0.3) is 0 Å². The van der Waals surface area contributed by atoms with Crippen LogP contribution < -0.4 is 10.6 Å². The molecular formula is C15H27N5. The Labute approximate surface area is 122 Å². The van der Waals surface area contributed by atoms with Gasteiger partial charge in [-0.2, -0.15) is 0 Å². The summed E-state index contributed by atoms with van der Waals surface area (Å²) >= 11 is 0. The molecular weight excluding hydrogens is 250 g/mol. The van der Waals surface area contributed by atoms with Crippen LogP contribution in [0.15, 0.2) is 6.07 Å². The molecule has 0 radical (unpaired) electrons. The van der Waals surface area contributed by atoms with Crippen molar-refractivity contribution in [3.63, 3.8) is 0 Å². The Kier molecular flexibility index (Phi) is 4.48. The third kappa shape index (κ3) is 3.60. The van der Waals surface area contributed by atoms with Crippen molar-refractivity contribution in [2.24, 2.45) is 0 Å². The van der Waals surface area contributed by atoms with E-state index in [-0.39, 0.29) is 5.41 Å². The smallest absolute Gasteiger partial charge is 0.138 e. The molecule has 112 valence electrons. The summed E-state index contributed by atoms with van der Waals surface area (Å²) in [7, 11) is 0. The molecule has 1 aromatic heterocycles. The third-order valence-electron chi connectivity index (χ3n) is 3.64. The fraction of sp³-hybridized carbons (Fsp3) is 0.733. The van der Waals surface area contributed by atoms with Crippen molar-refractivity contribution >= 4 is 11.6 Å². The number of nitrogens with zero attached hydrogens (tertiary/aromatic N) is 4. The Morgan fingerprint density at radius 1 is 1.15 bits per heavy atom. The van der Waals surface area contributed by atoms with Crippen molar-refractivity contribution in [3.05, 3.63) is 11.9 Å². The Balaban J connectivity index is 2.12. The largest absolute Gasteiger partial charge is 0.384 e. The molecule has 1 fully saturated rings. The minimum Gasteiger partial charge on any atom is -0.384 e. The van der Waals surface area contributed by atoms with Crippen LogP contribution in [-0.4, -0.2) is 47.6 Å². The SMILES string of the molecule is CCCN1CCN(c2cc(N)nc(C(C)(C)C)n2)CC1. The number of hydrogen-bond acceptors (Lipinski definition) is 5. The van der Waals surface area contributed by atoms with Crippen molar-refractivity contribution in [3.8, 4) is 0 Å². The van der Waals surface area contributed by atoms with Gasteiger partial charge >= 0.3 is 0 Å². The highest BCUT2D eigenvalue weighted by atomic mass is 15.3.